The van der Waals surface area contributed by atoms with Gasteiger partial charge in [-0.1, -0.05) is 12.1 Å². The standard InChI is InChI=1S/C17H20N2O4S/c1-11(13-5-7-15(8-6-13)24(4,22)23)18-17(21)16-9-14(12(2)20)10-19(16)3/h5-11H,1-4H3,(H,18,21)/t11-/m0/s1. The van der Waals surface area contributed by atoms with Gasteiger partial charge in [0.25, 0.3) is 5.91 Å². The van der Waals surface area contributed by atoms with Gasteiger partial charge in [-0.2, -0.15) is 0 Å². The summed E-state index contributed by atoms with van der Waals surface area (Å²) in [6.07, 6.45) is 2.76. The first kappa shape index (κ1) is 17.9. The molecule has 0 aliphatic carbocycles. The number of aromatic nitrogens is 1. The first-order valence-electron chi connectivity index (χ1n) is 7.38. The number of carbonyl (C=O) groups excluding carboxylic acids is 2. The van der Waals surface area contributed by atoms with Crippen LogP contribution in [0, 0.1) is 0 Å². The van der Waals surface area contributed by atoms with Crippen molar-refractivity contribution in [3.8, 4) is 0 Å². The SMILES string of the molecule is CC(=O)c1cc(C(=O)N[C@@H](C)c2ccc(S(C)(=O)=O)cc2)n(C)c1. The molecule has 24 heavy (non-hydrogen) atoms. The lowest BCUT2D eigenvalue weighted by Crippen LogP contribution is -2.28. The number of amides is 1. The zero-order chi connectivity index (χ0) is 18.1. The Morgan fingerprint density at radius 1 is 1.17 bits per heavy atom. The van der Waals surface area contributed by atoms with Crippen molar-refractivity contribution in [3.05, 3.63) is 53.3 Å². The van der Waals surface area contributed by atoms with Crippen molar-refractivity contribution in [2.45, 2.75) is 24.8 Å². The first-order chi connectivity index (χ1) is 11.1. The van der Waals surface area contributed by atoms with Gasteiger partial charge in [-0.25, -0.2) is 8.42 Å². The third-order valence-electron chi connectivity index (χ3n) is 3.80. The molecule has 1 atom stereocenters. The van der Waals surface area contributed by atoms with Crippen LogP contribution in [0.2, 0.25) is 0 Å². The van der Waals surface area contributed by atoms with E-state index in [1.165, 1.54) is 19.1 Å². The number of Topliss-reactive ketones (excluding diaryl/α,β-unsaturated/α-hetero) is 1. The molecule has 0 saturated heterocycles. The molecule has 7 heteroatoms. The molecule has 1 amide bonds. The fourth-order valence-electron chi connectivity index (χ4n) is 2.34. The number of rotatable bonds is 5. The molecule has 0 aliphatic rings. The maximum atomic E-state index is 12.4. The molecule has 2 aromatic rings. The topological polar surface area (TPSA) is 85.2 Å². The number of aryl methyl sites for hydroxylation is 1. The van der Waals surface area contributed by atoms with Crippen LogP contribution in [-0.4, -0.2) is 30.9 Å². The Bertz CT molecular complexity index is 880. The normalized spacial score (nSPS) is 12.7. The van der Waals surface area contributed by atoms with Gasteiger partial charge in [0.2, 0.25) is 0 Å². The smallest absolute Gasteiger partial charge is 0.268 e. The molecule has 0 saturated carbocycles. The molecule has 0 aliphatic heterocycles. The molecule has 128 valence electrons. The van der Waals surface area contributed by atoms with E-state index in [1.54, 1.807) is 36.0 Å². The molecule has 6 nitrogen and oxygen atoms in total. The maximum absolute atomic E-state index is 12.4. The Labute approximate surface area is 141 Å². The molecule has 1 aromatic heterocycles. The lowest BCUT2D eigenvalue weighted by molar-refractivity contribution is 0.0931. The largest absolute Gasteiger partial charge is 0.346 e. The Morgan fingerprint density at radius 3 is 2.21 bits per heavy atom. The predicted molar refractivity (Wildman–Crippen MR) is 90.9 cm³/mol. The zero-order valence-electron chi connectivity index (χ0n) is 14.0. The van der Waals surface area contributed by atoms with E-state index in [-0.39, 0.29) is 22.6 Å². The molecule has 0 radical (unpaired) electrons. The molecule has 0 spiro atoms. The predicted octanol–water partition coefficient (Wildman–Crippen LogP) is 2.12. The summed E-state index contributed by atoms with van der Waals surface area (Å²) in [6.45, 7) is 3.26. The highest BCUT2D eigenvalue weighted by Crippen LogP contribution is 2.17. The van der Waals surface area contributed by atoms with Crippen molar-refractivity contribution in [2.24, 2.45) is 7.05 Å². The number of nitrogens with one attached hydrogen (secondary N) is 1. The van der Waals surface area contributed by atoms with Gasteiger partial charge in [-0.15, -0.1) is 0 Å². The lowest BCUT2D eigenvalue weighted by atomic mass is 10.1. The van der Waals surface area contributed by atoms with Crippen LogP contribution in [0.3, 0.4) is 0 Å². The molecule has 1 aromatic carbocycles. The van der Waals surface area contributed by atoms with Gasteiger partial charge in [0.05, 0.1) is 10.9 Å². The van der Waals surface area contributed by atoms with Gasteiger partial charge in [-0.05, 0) is 37.6 Å². The van der Waals surface area contributed by atoms with Crippen molar-refractivity contribution in [1.29, 1.82) is 0 Å². The van der Waals surface area contributed by atoms with Crippen LogP contribution in [0.4, 0.5) is 0 Å². The number of hydrogen-bond donors (Lipinski definition) is 1. The van der Waals surface area contributed by atoms with Crippen LogP contribution in [0.5, 0.6) is 0 Å². The monoisotopic (exact) mass is 348 g/mol. The molecule has 0 fully saturated rings. The van der Waals surface area contributed by atoms with Crippen molar-refractivity contribution >= 4 is 21.5 Å². The minimum Gasteiger partial charge on any atom is -0.346 e. The highest BCUT2D eigenvalue weighted by molar-refractivity contribution is 7.90. The van der Waals surface area contributed by atoms with E-state index in [4.69, 9.17) is 0 Å². The van der Waals surface area contributed by atoms with E-state index < -0.39 is 9.84 Å². The lowest BCUT2D eigenvalue weighted by Gasteiger charge is -2.15. The van der Waals surface area contributed by atoms with E-state index >= 15 is 0 Å². The Morgan fingerprint density at radius 2 is 1.75 bits per heavy atom. The summed E-state index contributed by atoms with van der Waals surface area (Å²) in [5.41, 5.74) is 1.66. The van der Waals surface area contributed by atoms with E-state index in [2.05, 4.69) is 5.32 Å². The average molecular weight is 348 g/mol. The number of carbonyl (C=O) groups is 2. The molecule has 0 bridgehead atoms. The summed E-state index contributed by atoms with van der Waals surface area (Å²) in [5, 5.41) is 2.84. The second kappa shape index (κ2) is 6.60. The fraction of sp³-hybridized carbons (Fsp3) is 0.294. The van der Waals surface area contributed by atoms with E-state index in [1.807, 2.05) is 6.92 Å². The molecule has 0 unspecified atom stereocenters. The van der Waals surface area contributed by atoms with Crippen molar-refractivity contribution in [3.63, 3.8) is 0 Å². The van der Waals surface area contributed by atoms with Crippen LogP contribution in [0.1, 0.15) is 46.3 Å². The zero-order valence-corrected chi connectivity index (χ0v) is 14.8. The van der Waals surface area contributed by atoms with Gasteiger partial charge < -0.3 is 9.88 Å². The third-order valence-corrected chi connectivity index (χ3v) is 4.93. The minimum absolute atomic E-state index is 0.103. The second-order valence-corrected chi connectivity index (χ2v) is 7.83. The molecule has 1 N–H and O–H groups in total. The molecular formula is C17H20N2O4S. The quantitative estimate of drug-likeness (QED) is 0.839. The molecule has 1 heterocycles. The summed E-state index contributed by atoms with van der Waals surface area (Å²) in [7, 11) is -1.54. The molecular weight excluding hydrogens is 328 g/mol. The van der Waals surface area contributed by atoms with Crippen LogP contribution >= 0.6 is 0 Å². The maximum Gasteiger partial charge on any atom is 0.268 e. The van der Waals surface area contributed by atoms with Gasteiger partial charge in [0.15, 0.2) is 15.6 Å². The van der Waals surface area contributed by atoms with Crippen LogP contribution in [-0.2, 0) is 16.9 Å². The number of ketones is 1. The summed E-state index contributed by atoms with van der Waals surface area (Å²) in [6, 6.07) is 7.63. The summed E-state index contributed by atoms with van der Waals surface area (Å²) >= 11 is 0. The molecule has 2 rings (SSSR count). The van der Waals surface area contributed by atoms with Crippen molar-refractivity contribution in [1.82, 2.24) is 9.88 Å². The van der Waals surface area contributed by atoms with Gasteiger partial charge in [0.1, 0.15) is 5.69 Å². The van der Waals surface area contributed by atoms with Crippen LogP contribution in [0.15, 0.2) is 41.4 Å². The highest BCUT2D eigenvalue weighted by atomic mass is 32.2. The Kier molecular flexibility index (Phi) is 4.94. The number of hydrogen-bond acceptors (Lipinski definition) is 4. The number of nitrogens with zero attached hydrogens (tertiary/aromatic N) is 1. The van der Waals surface area contributed by atoms with Crippen molar-refractivity contribution in [2.75, 3.05) is 6.26 Å². The minimum atomic E-state index is -3.24. The van der Waals surface area contributed by atoms with E-state index in [0.29, 0.717) is 11.3 Å². The number of sulfone groups is 1. The van der Waals surface area contributed by atoms with Crippen molar-refractivity contribution < 1.29 is 18.0 Å². The highest BCUT2D eigenvalue weighted by Gasteiger charge is 2.17. The van der Waals surface area contributed by atoms with Crippen LogP contribution < -0.4 is 5.32 Å². The second-order valence-electron chi connectivity index (χ2n) is 5.82. The first-order valence-corrected chi connectivity index (χ1v) is 9.27. The fourth-order valence-corrected chi connectivity index (χ4v) is 2.97. The van der Waals surface area contributed by atoms with Gasteiger partial charge in [0, 0.05) is 25.1 Å². The average Bonchev–Trinajstić information content (AvgIpc) is 2.88. The van der Waals surface area contributed by atoms with E-state index in [9.17, 15) is 18.0 Å². The summed E-state index contributed by atoms with van der Waals surface area (Å²) < 4.78 is 24.5. The third kappa shape index (κ3) is 3.91. The summed E-state index contributed by atoms with van der Waals surface area (Å²) in [4.78, 5) is 24.0. The Balaban J connectivity index is 2.15. The van der Waals surface area contributed by atoms with E-state index in [0.717, 1.165) is 11.8 Å². The van der Waals surface area contributed by atoms with Gasteiger partial charge >= 0.3 is 0 Å². The Hall–Kier alpha value is -2.41. The number of benzene rings is 1. The van der Waals surface area contributed by atoms with Crippen LogP contribution in [0.25, 0.3) is 0 Å². The summed E-state index contributed by atoms with van der Waals surface area (Å²) in [5.74, 6) is -0.404. The van der Waals surface area contributed by atoms with Gasteiger partial charge in [-0.3, -0.25) is 9.59 Å².